The van der Waals surface area contributed by atoms with Crippen molar-refractivity contribution in [1.82, 2.24) is 5.32 Å². The predicted octanol–water partition coefficient (Wildman–Crippen LogP) is 1.76. The first kappa shape index (κ1) is 22.2. The summed E-state index contributed by atoms with van der Waals surface area (Å²) in [7, 11) is 0. The van der Waals surface area contributed by atoms with Gasteiger partial charge in [-0.25, -0.2) is 0 Å². The number of benzene rings is 1. The normalized spacial score (nSPS) is 11.2. The molecule has 24 heavy (non-hydrogen) atoms. The van der Waals surface area contributed by atoms with E-state index in [4.69, 9.17) is 17.3 Å². The fraction of sp³-hybridized carbons (Fsp3) is 0.400. The number of carbonyl (C=O) groups excluding carboxylic acids is 3. The van der Waals surface area contributed by atoms with Crippen molar-refractivity contribution in [2.75, 3.05) is 17.2 Å². The van der Waals surface area contributed by atoms with Crippen LogP contribution in [-0.2, 0) is 14.4 Å². The van der Waals surface area contributed by atoms with Crippen molar-refractivity contribution in [2.24, 2.45) is 11.7 Å². The van der Waals surface area contributed by atoms with E-state index in [2.05, 4.69) is 16.0 Å². The molecule has 0 radical (unpaired) electrons. The van der Waals surface area contributed by atoms with Gasteiger partial charge in [0, 0.05) is 12.6 Å². The zero-order chi connectivity index (χ0) is 17.6. The molecule has 1 aromatic rings. The van der Waals surface area contributed by atoms with E-state index in [0.717, 1.165) is 0 Å². The molecule has 0 saturated heterocycles. The fourth-order valence-corrected chi connectivity index (χ4v) is 1.90. The molecule has 0 saturated carbocycles. The van der Waals surface area contributed by atoms with E-state index >= 15 is 0 Å². The van der Waals surface area contributed by atoms with Crippen LogP contribution in [0.4, 0.5) is 11.4 Å². The summed E-state index contributed by atoms with van der Waals surface area (Å²) in [5.41, 5.74) is 6.59. The Kier molecular flexibility index (Phi) is 9.35. The molecule has 0 bridgehead atoms. The second-order valence-electron chi connectivity index (χ2n) is 5.41. The van der Waals surface area contributed by atoms with Gasteiger partial charge in [0.25, 0.3) is 0 Å². The monoisotopic (exact) mass is 376 g/mol. The van der Waals surface area contributed by atoms with E-state index in [1.54, 1.807) is 12.1 Å². The number of rotatable bonds is 6. The highest BCUT2D eigenvalue weighted by molar-refractivity contribution is 6.34. The van der Waals surface area contributed by atoms with Gasteiger partial charge in [-0.3, -0.25) is 14.4 Å². The summed E-state index contributed by atoms with van der Waals surface area (Å²) in [5.74, 6) is -1.04. The first-order chi connectivity index (χ1) is 10.7. The summed E-state index contributed by atoms with van der Waals surface area (Å²) in [5, 5.41) is 7.92. The lowest BCUT2D eigenvalue weighted by atomic mass is 10.1. The second kappa shape index (κ2) is 10.1. The van der Waals surface area contributed by atoms with Gasteiger partial charge in [0.2, 0.25) is 17.7 Å². The highest BCUT2D eigenvalue weighted by Gasteiger charge is 2.17. The van der Waals surface area contributed by atoms with Crippen LogP contribution in [0, 0.1) is 5.92 Å². The van der Waals surface area contributed by atoms with E-state index in [1.165, 1.54) is 13.0 Å². The molecule has 1 rings (SSSR count). The number of halogens is 2. The van der Waals surface area contributed by atoms with Gasteiger partial charge < -0.3 is 21.7 Å². The summed E-state index contributed by atoms with van der Waals surface area (Å²) in [4.78, 5) is 34.5. The molecule has 1 atom stereocenters. The molecular formula is C15H22Cl2N4O3. The number of nitrogens with two attached hydrogens (primary N) is 1. The SMILES string of the molecule is CC(=O)Nc1ccc(NC(=O)CNC(=O)[C@@H](N)C(C)C)cc1Cl.Cl. The van der Waals surface area contributed by atoms with Crippen LogP contribution in [0.3, 0.4) is 0 Å². The van der Waals surface area contributed by atoms with E-state index in [-0.39, 0.29) is 36.7 Å². The molecule has 0 heterocycles. The molecule has 7 nitrogen and oxygen atoms in total. The summed E-state index contributed by atoms with van der Waals surface area (Å²) < 4.78 is 0. The van der Waals surface area contributed by atoms with Crippen LogP contribution >= 0.6 is 24.0 Å². The van der Waals surface area contributed by atoms with Gasteiger partial charge in [0.1, 0.15) is 0 Å². The van der Waals surface area contributed by atoms with Crippen molar-refractivity contribution in [3.63, 3.8) is 0 Å². The topological polar surface area (TPSA) is 113 Å². The average molecular weight is 377 g/mol. The Labute approximate surface area is 152 Å². The Hall–Kier alpha value is -1.83. The quantitative estimate of drug-likeness (QED) is 0.605. The molecule has 0 fully saturated rings. The lowest BCUT2D eigenvalue weighted by molar-refractivity contribution is -0.125. The van der Waals surface area contributed by atoms with Gasteiger partial charge in [-0.2, -0.15) is 0 Å². The van der Waals surface area contributed by atoms with Crippen LogP contribution in [0.15, 0.2) is 18.2 Å². The van der Waals surface area contributed by atoms with Crippen molar-refractivity contribution in [2.45, 2.75) is 26.8 Å². The summed E-state index contributed by atoms with van der Waals surface area (Å²) in [6.07, 6.45) is 0. The van der Waals surface area contributed by atoms with E-state index < -0.39 is 11.9 Å². The highest BCUT2D eigenvalue weighted by Crippen LogP contribution is 2.25. The molecule has 3 amide bonds. The number of hydrogen-bond acceptors (Lipinski definition) is 4. The van der Waals surface area contributed by atoms with Crippen LogP contribution in [0.25, 0.3) is 0 Å². The number of hydrogen-bond donors (Lipinski definition) is 4. The molecular weight excluding hydrogens is 355 g/mol. The van der Waals surface area contributed by atoms with Crippen molar-refractivity contribution in [1.29, 1.82) is 0 Å². The van der Waals surface area contributed by atoms with Crippen molar-refractivity contribution in [3.8, 4) is 0 Å². The first-order valence-electron chi connectivity index (χ1n) is 7.11. The molecule has 0 unspecified atom stereocenters. The molecule has 1 aromatic carbocycles. The molecule has 0 spiro atoms. The Morgan fingerprint density at radius 2 is 1.83 bits per heavy atom. The van der Waals surface area contributed by atoms with Crippen LogP contribution in [0.1, 0.15) is 20.8 Å². The maximum absolute atomic E-state index is 11.8. The Bertz CT molecular complexity index is 608. The minimum absolute atomic E-state index is 0. The van der Waals surface area contributed by atoms with Crippen molar-refractivity contribution in [3.05, 3.63) is 23.2 Å². The number of nitrogens with one attached hydrogen (secondary N) is 3. The molecule has 0 aliphatic carbocycles. The highest BCUT2D eigenvalue weighted by atomic mass is 35.5. The maximum atomic E-state index is 11.8. The number of amides is 3. The van der Waals surface area contributed by atoms with Gasteiger partial charge in [-0.1, -0.05) is 25.4 Å². The molecule has 0 aromatic heterocycles. The van der Waals surface area contributed by atoms with Crippen molar-refractivity contribution < 1.29 is 14.4 Å². The van der Waals surface area contributed by atoms with Crippen LogP contribution in [-0.4, -0.2) is 30.3 Å². The van der Waals surface area contributed by atoms with Crippen LogP contribution in [0.2, 0.25) is 5.02 Å². The molecule has 0 aliphatic rings. The van der Waals surface area contributed by atoms with Crippen LogP contribution in [0.5, 0.6) is 0 Å². The predicted molar refractivity (Wildman–Crippen MR) is 97.5 cm³/mol. The molecule has 134 valence electrons. The first-order valence-corrected chi connectivity index (χ1v) is 7.48. The zero-order valence-electron chi connectivity index (χ0n) is 13.7. The Morgan fingerprint density at radius 1 is 1.21 bits per heavy atom. The Morgan fingerprint density at radius 3 is 2.33 bits per heavy atom. The minimum atomic E-state index is -0.658. The molecule has 5 N–H and O–H groups in total. The van der Waals surface area contributed by atoms with Gasteiger partial charge in [0.15, 0.2) is 0 Å². The van der Waals surface area contributed by atoms with Gasteiger partial charge in [0.05, 0.1) is 23.3 Å². The number of anilines is 2. The summed E-state index contributed by atoms with van der Waals surface area (Å²) in [6.45, 7) is 4.83. The maximum Gasteiger partial charge on any atom is 0.243 e. The lowest BCUT2D eigenvalue weighted by Crippen LogP contribution is -2.46. The van der Waals surface area contributed by atoms with Gasteiger partial charge in [-0.05, 0) is 24.1 Å². The average Bonchev–Trinajstić information content (AvgIpc) is 2.46. The molecule has 0 aliphatic heterocycles. The zero-order valence-corrected chi connectivity index (χ0v) is 15.3. The molecule has 9 heteroatoms. The largest absolute Gasteiger partial charge is 0.346 e. The third kappa shape index (κ3) is 7.16. The van der Waals surface area contributed by atoms with Gasteiger partial charge >= 0.3 is 0 Å². The fourth-order valence-electron chi connectivity index (χ4n) is 1.68. The van der Waals surface area contributed by atoms with E-state index in [9.17, 15) is 14.4 Å². The van der Waals surface area contributed by atoms with Crippen molar-refractivity contribution >= 4 is 53.1 Å². The lowest BCUT2D eigenvalue weighted by Gasteiger charge is -2.15. The minimum Gasteiger partial charge on any atom is -0.346 e. The van der Waals surface area contributed by atoms with Gasteiger partial charge in [-0.15, -0.1) is 12.4 Å². The van der Waals surface area contributed by atoms with Crippen LogP contribution < -0.4 is 21.7 Å². The standard InChI is InChI=1S/C15H21ClN4O3.ClH/c1-8(2)14(17)15(23)18-7-13(22)20-10-4-5-12(11(16)6-10)19-9(3)21;/h4-6,8,14H,7,17H2,1-3H3,(H,18,23)(H,19,21)(H,20,22);1H/t14-;/m0./s1. The smallest absolute Gasteiger partial charge is 0.243 e. The summed E-state index contributed by atoms with van der Waals surface area (Å²) >= 11 is 6.01. The third-order valence-corrected chi connectivity index (χ3v) is 3.32. The number of carbonyl (C=O) groups is 3. The Balaban J connectivity index is 0.00000529. The third-order valence-electron chi connectivity index (χ3n) is 3.01. The second-order valence-corrected chi connectivity index (χ2v) is 5.82. The van der Waals surface area contributed by atoms with E-state index in [0.29, 0.717) is 16.4 Å². The van der Waals surface area contributed by atoms with E-state index in [1.807, 2.05) is 13.8 Å². The summed E-state index contributed by atoms with van der Waals surface area (Å²) in [6, 6.07) is 4.02.